The van der Waals surface area contributed by atoms with Gasteiger partial charge in [0.15, 0.2) is 6.61 Å². The van der Waals surface area contributed by atoms with E-state index in [0.717, 1.165) is 64.2 Å². The SMILES string of the molecule is C=C(C)C(=O)OCC(=O)OC.C=C(C)C(=O)[O-].CC1(C)CC2(CC3C=CC2O3)C(=O)O1.CC1(C)CC2(CC3CCC2O3)C(=O)O1.CC1(C)CC2(CC3CCC2O3)C(=O)O1.COC(=O)CCl.O=C(O)CCl.O=C1CC2(CC3C=CC2O3)C(=O)O1.[CH3-].[Cl-].[Mg+2].[Na+]. The van der Waals surface area contributed by atoms with E-state index < -0.39 is 47.2 Å². The summed E-state index contributed by atoms with van der Waals surface area (Å²) < 4.78 is 56.3. The third kappa shape index (κ3) is 19.9. The first kappa shape index (κ1) is 81.3. The number of carboxylic acids is 2. The molecule has 10 fully saturated rings. The van der Waals surface area contributed by atoms with Gasteiger partial charge in [0.25, 0.3) is 0 Å². The zero-order valence-electron chi connectivity index (χ0n) is 51.7. The second-order valence-electron chi connectivity index (χ2n) is 24.2. The summed E-state index contributed by atoms with van der Waals surface area (Å²) in [5.74, 6) is -5.03. The van der Waals surface area contributed by atoms with Crippen LogP contribution in [0.2, 0.25) is 0 Å². The van der Waals surface area contributed by atoms with E-state index in [9.17, 15) is 53.1 Å². The quantitative estimate of drug-likeness (QED) is 0.0501. The number of alkyl halides is 2. The van der Waals surface area contributed by atoms with Gasteiger partial charge in [-0.25, -0.2) is 9.59 Å². The number of cyclic esters (lactones) is 5. The van der Waals surface area contributed by atoms with E-state index in [-0.39, 0.29) is 196 Å². The molecule has 12 aliphatic rings. The molecule has 0 aliphatic carbocycles. The summed E-state index contributed by atoms with van der Waals surface area (Å²) in [5, 5.41) is 17.1. The monoisotopic (exact) mass is 1310 g/mol. The molecule has 0 saturated carbocycles. The van der Waals surface area contributed by atoms with Crippen LogP contribution in [0, 0.1) is 29.1 Å². The minimum atomic E-state index is -1.19. The predicted molar refractivity (Wildman–Crippen MR) is 301 cm³/mol. The Bertz CT molecular complexity index is 2550. The van der Waals surface area contributed by atoms with Gasteiger partial charge >= 0.3 is 106 Å². The van der Waals surface area contributed by atoms with Crippen LogP contribution >= 0.6 is 23.2 Å². The molecule has 10 saturated heterocycles. The molecular weight excluding hydrogens is 1230 g/mol. The molecule has 0 radical (unpaired) electrons. The Hall–Kier alpha value is -3.66. The van der Waals surface area contributed by atoms with Crippen molar-refractivity contribution in [3.8, 4) is 0 Å². The summed E-state index contributed by atoms with van der Waals surface area (Å²) in [4.78, 5) is 108. The summed E-state index contributed by atoms with van der Waals surface area (Å²) in [7, 11) is 2.52. The fourth-order valence-corrected chi connectivity index (χ4v) is 12.7. The first-order valence-corrected chi connectivity index (χ1v) is 28.2. The van der Waals surface area contributed by atoms with Crippen LogP contribution in [0.15, 0.2) is 48.6 Å². The molecule has 8 bridgehead atoms. The number of rotatable bonds is 6. The Balaban J connectivity index is 0.000000506. The van der Waals surface area contributed by atoms with Gasteiger partial charge in [-0.15, -0.1) is 23.2 Å². The average molecular weight is 1310 g/mol. The summed E-state index contributed by atoms with van der Waals surface area (Å²) in [6.45, 7) is 20.9. The van der Waals surface area contributed by atoms with Crippen LogP contribution in [-0.2, 0) is 100 Å². The first-order chi connectivity index (χ1) is 38.6. The van der Waals surface area contributed by atoms with E-state index in [0.29, 0.717) is 18.6 Å². The summed E-state index contributed by atoms with van der Waals surface area (Å²) in [5.41, 5.74) is -2.20. The molecule has 0 aromatic heterocycles. The molecule has 12 heterocycles. The number of hydrogen-bond donors (Lipinski definition) is 1. The zero-order valence-corrected chi connectivity index (χ0v) is 57.4. The van der Waals surface area contributed by atoms with Gasteiger partial charge in [0, 0.05) is 24.8 Å². The molecule has 28 heteroatoms. The molecule has 12 atom stereocenters. The van der Waals surface area contributed by atoms with Crippen molar-refractivity contribution in [1.82, 2.24) is 0 Å². The number of carbonyl (C=O) groups excluding carboxylic acids is 9. The van der Waals surface area contributed by atoms with Crippen molar-refractivity contribution < 1.29 is 152 Å². The third-order valence-electron chi connectivity index (χ3n) is 15.8. The Morgan fingerprint density at radius 3 is 1.21 bits per heavy atom. The van der Waals surface area contributed by atoms with Crippen LogP contribution in [0.25, 0.3) is 0 Å². The van der Waals surface area contributed by atoms with Gasteiger partial charge in [0.1, 0.15) is 50.2 Å². The summed E-state index contributed by atoms with van der Waals surface area (Å²) >= 11 is 9.71. The van der Waals surface area contributed by atoms with Crippen molar-refractivity contribution in [2.45, 2.75) is 198 Å². The molecule has 12 unspecified atom stereocenters. The van der Waals surface area contributed by atoms with Crippen LogP contribution < -0.4 is 47.1 Å². The van der Waals surface area contributed by atoms with Crippen molar-refractivity contribution >= 4 is 106 Å². The summed E-state index contributed by atoms with van der Waals surface area (Å²) in [6, 6.07) is 0. The molecule has 0 aromatic carbocycles. The largest absolute Gasteiger partial charge is 2.00 e. The van der Waals surface area contributed by atoms with E-state index in [1.807, 2.05) is 59.8 Å². The number of methoxy groups -OCH3 is 2. The molecule has 23 nitrogen and oxygen atoms in total. The van der Waals surface area contributed by atoms with Crippen LogP contribution in [0.4, 0.5) is 0 Å². The maximum Gasteiger partial charge on any atom is 2.00 e. The van der Waals surface area contributed by atoms with E-state index >= 15 is 0 Å². The first-order valence-electron chi connectivity index (χ1n) is 27.2. The van der Waals surface area contributed by atoms with Crippen molar-refractivity contribution in [1.29, 1.82) is 0 Å². The fraction of sp³-hybridized carbons (Fsp3) is 0.678. The minimum absolute atomic E-state index is 0. The van der Waals surface area contributed by atoms with Gasteiger partial charge in [-0.05, 0) is 112 Å². The topological polar surface area (TPSA) is 316 Å². The van der Waals surface area contributed by atoms with Gasteiger partial charge in [-0.3, -0.25) is 33.6 Å². The molecule has 0 aromatic rings. The van der Waals surface area contributed by atoms with E-state index in [2.05, 4.69) is 38.2 Å². The van der Waals surface area contributed by atoms with Crippen LogP contribution in [0.1, 0.15) is 132 Å². The van der Waals surface area contributed by atoms with Crippen LogP contribution in [0.3, 0.4) is 0 Å². The molecule has 12 aliphatic heterocycles. The minimum Gasteiger partial charge on any atom is -1.00 e. The van der Waals surface area contributed by atoms with Crippen molar-refractivity contribution in [3.63, 3.8) is 0 Å². The Labute approximate surface area is 562 Å². The number of carboxylic acid groups (broad SMARTS) is 2. The van der Waals surface area contributed by atoms with Gasteiger partial charge in [-0.2, -0.15) is 0 Å². The number of aliphatic carboxylic acids is 2. The Morgan fingerprint density at radius 2 is 0.989 bits per heavy atom. The van der Waals surface area contributed by atoms with E-state index in [1.54, 1.807) is 0 Å². The molecule has 87 heavy (non-hydrogen) atoms. The van der Waals surface area contributed by atoms with Crippen LogP contribution in [-0.4, -0.2) is 186 Å². The molecule has 4 spiro atoms. The van der Waals surface area contributed by atoms with Crippen molar-refractivity contribution in [2.75, 3.05) is 32.6 Å². The number of carbonyl (C=O) groups is 10. The molecular formula is C59H80Cl3MgNaO23. The van der Waals surface area contributed by atoms with Gasteiger partial charge in [-0.1, -0.05) is 37.5 Å². The second kappa shape index (κ2) is 33.1. The van der Waals surface area contributed by atoms with E-state index in [4.69, 9.17) is 61.5 Å². The predicted octanol–water partition coefficient (Wildman–Crippen LogP) is -0.725. The molecule has 12 rings (SSSR count). The normalized spacial score (nSPS) is 32.9. The van der Waals surface area contributed by atoms with Gasteiger partial charge < -0.3 is 86.9 Å². The zero-order chi connectivity index (χ0) is 62.3. The maximum absolute atomic E-state index is 11.9. The number of esters is 8. The number of fused-ring (bicyclic) bond motifs is 12. The second-order valence-corrected chi connectivity index (χ2v) is 24.7. The molecule has 0 amide bonds. The Morgan fingerprint density at radius 1 is 0.609 bits per heavy atom. The summed E-state index contributed by atoms with van der Waals surface area (Å²) in [6.07, 6.45) is 18.8. The fourth-order valence-electron chi connectivity index (χ4n) is 12.6. The number of ether oxygens (including phenoxy) is 11. The average Bonchev–Trinajstić information content (AvgIpc) is 1.74. The van der Waals surface area contributed by atoms with Gasteiger partial charge in [0.2, 0.25) is 0 Å². The molecule has 1 N–H and O–H groups in total. The smallest absolute Gasteiger partial charge is 1.00 e. The van der Waals surface area contributed by atoms with Crippen molar-refractivity contribution in [2.24, 2.45) is 21.7 Å². The maximum atomic E-state index is 11.9. The number of hydrogen-bond acceptors (Lipinski definition) is 22. The standard InChI is InChI=1S/2C11H16O3.C11H14O3.C9H8O4.C7H10O4.C4H6O2.C3H5ClO2.C2H3ClO2.CH3.ClH.Mg.Na/c3*1-10(2)6-11(9(12)14-10)5-7-3-4-8(11)13-7;10-7-4-9(8(11)13-7)3-5-1-2-6(9)12-5;1-5(2)7(9)11-4-6(8)10-3;1-3(2)4(5)6;1-6-3(5)2-4;3-1-2(4)5;;;;/h2*7-8H,3-6H2,1-2H3;3-4,7-8H,5-6H2,1-2H3;1-2,5-6H,3-4H2;1,4H2,2-3H3;1H2,2H3,(H,5,6);2H2,1H3;1H2,(H,4,5);1H3;1H;;/q;;;;;;;;-1;;+2;+1/p-2. The van der Waals surface area contributed by atoms with Crippen LogP contribution in [0.5, 0.6) is 0 Å². The van der Waals surface area contributed by atoms with Gasteiger partial charge in [0.05, 0.1) is 75.4 Å². The van der Waals surface area contributed by atoms with E-state index in [1.165, 1.54) is 28.1 Å². The Kier molecular flexibility index (Phi) is 30.9. The van der Waals surface area contributed by atoms with Crippen molar-refractivity contribution in [3.05, 3.63) is 56.0 Å². The molecule has 478 valence electrons. The number of halogens is 3. The third-order valence-corrected chi connectivity index (χ3v) is 16.3.